The predicted octanol–water partition coefficient (Wildman–Crippen LogP) is 5.29. The highest BCUT2D eigenvalue weighted by Crippen LogP contribution is 2.24. The van der Waals surface area contributed by atoms with Gasteiger partial charge in [0.2, 0.25) is 0 Å². The van der Waals surface area contributed by atoms with Crippen molar-refractivity contribution < 1.29 is 4.79 Å². The van der Waals surface area contributed by atoms with Crippen molar-refractivity contribution in [3.8, 4) is 0 Å². The quantitative estimate of drug-likeness (QED) is 0.622. The summed E-state index contributed by atoms with van der Waals surface area (Å²) in [5.74, 6) is 0.719. The Morgan fingerprint density at radius 3 is 2.52 bits per heavy atom. The van der Waals surface area contributed by atoms with E-state index >= 15 is 0 Å². The lowest BCUT2D eigenvalue weighted by Crippen LogP contribution is -2.21. The highest BCUT2D eigenvalue weighted by atomic mass is 16.1. The SMILES string of the molecule is CCCCN(C)c1cc(C(=O)Nc2ccc(CC)cc2)c2ccccc2n1. The normalized spacial score (nSPS) is 10.8. The number of carbonyl (C=O) groups is 1. The van der Waals surface area contributed by atoms with Gasteiger partial charge in [-0.15, -0.1) is 0 Å². The van der Waals surface area contributed by atoms with E-state index in [4.69, 9.17) is 4.98 Å². The molecule has 27 heavy (non-hydrogen) atoms. The van der Waals surface area contributed by atoms with Crippen LogP contribution in [0.4, 0.5) is 11.5 Å². The minimum atomic E-state index is -0.108. The summed E-state index contributed by atoms with van der Waals surface area (Å²) < 4.78 is 0. The van der Waals surface area contributed by atoms with Crippen LogP contribution >= 0.6 is 0 Å². The Morgan fingerprint density at radius 2 is 1.81 bits per heavy atom. The minimum Gasteiger partial charge on any atom is -0.360 e. The summed E-state index contributed by atoms with van der Waals surface area (Å²) in [6.07, 6.45) is 3.20. The Kier molecular flexibility index (Phi) is 6.07. The number of fused-ring (bicyclic) bond motifs is 1. The molecule has 0 bridgehead atoms. The van der Waals surface area contributed by atoms with Crippen molar-refractivity contribution in [3.63, 3.8) is 0 Å². The number of hydrogen-bond acceptors (Lipinski definition) is 3. The number of para-hydroxylation sites is 1. The molecule has 0 fully saturated rings. The van der Waals surface area contributed by atoms with Crippen LogP contribution in [-0.4, -0.2) is 24.5 Å². The topological polar surface area (TPSA) is 45.2 Å². The lowest BCUT2D eigenvalue weighted by Gasteiger charge is -2.19. The van der Waals surface area contributed by atoms with Crippen molar-refractivity contribution >= 4 is 28.3 Å². The van der Waals surface area contributed by atoms with Crippen LogP contribution in [0.2, 0.25) is 0 Å². The van der Waals surface area contributed by atoms with Crippen molar-refractivity contribution in [2.24, 2.45) is 0 Å². The van der Waals surface area contributed by atoms with Gasteiger partial charge in [-0.25, -0.2) is 4.98 Å². The fourth-order valence-corrected chi connectivity index (χ4v) is 3.08. The maximum Gasteiger partial charge on any atom is 0.256 e. The van der Waals surface area contributed by atoms with E-state index in [1.165, 1.54) is 5.56 Å². The lowest BCUT2D eigenvalue weighted by atomic mass is 10.1. The van der Waals surface area contributed by atoms with E-state index in [2.05, 4.69) is 24.1 Å². The number of amides is 1. The van der Waals surface area contributed by atoms with E-state index < -0.39 is 0 Å². The minimum absolute atomic E-state index is 0.108. The third kappa shape index (κ3) is 4.45. The number of pyridine rings is 1. The molecule has 1 aromatic heterocycles. The summed E-state index contributed by atoms with van der Waals surface area (Å²) in [6, 6.07) is 17.7. The third-order valence-electron chi connectivity index (χ3n) is 4.81. The summed E-state index contributed by atoms with van der Waals surface area (Å²) in [7, 11) is 2.03. The van der Waals surface area contributed by atoms with Crippen molar-refractivity contribution in [2.75, 3.05) is 23.8 Å². The first-order valence-corrected chi connectivity index (χ1v) is 9.63. The number of hydrogen-bond donors (Lipinski definition) is 1. The molecule has 1 heterocycles. The molecule has 0 radical (unpaired) electrons. The number of aromatic nitrogens is 1. The molecular weight excluding hydrogens is 334 g/mol. The van der Waals surface area contributed by atoms with Crippen LogP contribution in [0.3, 0.4) is 0 Å². The van der Waals surface area contributed by atoms with Crippen LogP contribution in [0.1, 0.15) is 42.6 Å². The molecule has 0 aliphatic heterocycles. The maximum absolute atomic E-state index is 13.0. The van der Waals surface area contributed by atoms with Crippen molar-refractivity contribution in [2.45, 2.75) is 33.1 Å². The van der Waals surface area contributed by atoms with Gasteiger partial charge < -0.3 is 10.2 Å². The Morgan fingerprint density at radius 1 is 1.07 bits per heavy atom. The average Bonchev–Trinajstić information content (AvgIpc) is 2.71. The van der Waals surface area contributed by atoms with Gasteiger partial charge >= 0.3 is 0 Å². The molecule has 0 aliphatic carbocycles. The summed E-state index contributed by atoms with van der Waals surface area (Å²) in [6.45, 7) is 5.21. The van der Waals surface area contributed by atoms with Crippen molar-refractivity contribution in [1.82, 2.24) is 4.98 Å². The van der Waals surface area contributed by atoms with E-state index in [9.17, 15) is 4.79 Å². The van der Waals surface area contributed by atoms with Gasteiger partial charge in [0.1, 0.15) is 5.82 Å². The molecule has 0 unspecified atom stereocenters. The molecule has 4 heteroatoms. The van der Waals surface area contributed by atoms with Gasteiger partial charge in [0, 0.05) is 24.7 Å². The van der Waals surface area contributed by atoms with Crippen LogP contribution < -0.4 is 10.2 Å². The molecule has 140 valence electrons. The molecule has 4 nitrogen and oxygen atoms in total. The Labute approximate surface area is 161 Å². The van der Waals surface area contributed by atoms with E-state index in [1.54, 1.807) is 0 Å². The van der Waals surface area contributed by atoms with Gasteiger partial charge in [-0.05, 0) is 42.7 Å². The molecule has 3 rings (SSSR count). The second-order valence-electron chi connectivity index (χ2n) is 6.82. The number of carbonyl (C=O) groups excluding carboxylic acids is 1. The summed E-state index contributed by atoms with van der Waals surface area (Å²) in [4.78, 5) is 19.9. The molecule has 1 amide bonds. The molecule has 0 atom stereocenters. The maximum atomic E-state index is 13.0. The lowest BCUT2D eigenvalue weighted by molar-refractivity contribution is 0.102. The molecule has 0 saturated heterocycles. The highest BCUT2D eigenvalue weighted by molar-refractivity contribution is 6.13. The van der Waals surface area contributed by atoms with Crippen LogP contribution in [0.25, 0.3) is 10.9 Å². The summed E-state index contributed by atoms with van der Waals surface area (Å²) in [5, 5.41) is 3.89. The number of aryl methyl sites for hydroxylation is 1. The smallest absolute Gasteiger partial charge is 0.256 e. The fraction of sp³-hybridized carbons (Fsp3) is 0.304. The zero-order valence-electron chi connectivity index (χ0n) is 16.3. The number of benzene rings is 2. The second kappa shape index (κ2) is 8.67. The molecule has 3 aromatic rings. The van der Waals surface area contributed by atoms with Gasteiger partial charge in [0.25, 0.3) is 5.91 Å². The first kappa shape index (κ1) is 18.9. The van der Waals surface area contributed by atoms with Crippen LogP contribution in [-0.2, 0) is 6.42 Å². The zero-order chi connectivity index (χ0) is 19.2. The largest absolute Gasteiger partial charge is 0.360 e. The van der Waals surface area contributed by atoms with Crippen molar-refractivity contribution in [3.05, 3.63) is 65.7 Å². The number of anilines is 2. The van der Waals surface area contributed by atoms with Crippen LogP contribution in [0.15, 0.2) is 54.6 Å². The number of nitrogens with zero attached hydrogens (tertiary/aromatic N) is 2. The van der Waals surface area contributed by atoms with Crippen LogP contribution in [0, 0.1) is 0 Å². The molecule has 2 aromatic carbocycles. The average molecular weight is 361 g/mol. The molecule has 0 saturated carbocycles. The first-order chi connectivity index (χ1) is 13.1. The van der Waals surface area contributed by atoms with Crippen molar-refractivity contribution in [1.29, 1.82) is 0 Å². The summed E-state index contributed by atoms with van der Waals surface area (Å²) in [5.41, 5.74) is 3.55. The molecule has 0 aliphatic rings. The van der Waals surface area contributed by atoms with Gasteiger partial charge in [0.15, 0.2) is 0 Å². The van der Waals surface area contributed by atoms with Crippen LogP contribution in [0.5, 0.6) is 0 Å². The van der Waals surface area contributed by atoms with Gasteiger partial charge in [-0.3, -0.25) is 4.79 Å². The van der Waals surface area contributed by atoms with Gasteiger partial charge in [0.05, 0.1) is 11.1 Å². The van der Waals surface area contributed by atoms with E-state index in [1.807, 2.05) is 61.6 Å². The number of nitrogens with one attached hydrogen (secondary N) is 1. The Hall–Kier alpha value is -2.88. The molecular formula is C23H27N3O. The summed E-state index contributed by atoms with van der Waals surface area (Å²) >= 11 is 0. The van der Waals surface area contributed by atoms with Gasteiger partial charge in [-0.1, -0.05) is 50.6 Å². The highest BCUT2D eigenvalue weighted by Gasteiger charge is 2.15. The Balaban J connectivity index is 1.94. The number of rotatable bonds is 7. The van der Waals surface area contributed by atoms with E-state index in [0.717, 1.165) is 48.2 Å². The standard InChI is InChI=1S/C23H27N3O/c1-4-6-15-26(3)22-16-20(19-9-7-8-10-21(19)25-22)23(27)24-18-13-11-17(5-2)12-14-18/h7-14,16H,4-6,15H2,1-3H3,(H,24,27). The fourth-order valence-electron chi connectivity index (χ4n) is 3.08. The third-order valence-corrected chi connectivity index (χ3v) is 4.81. The molecule has 0 spiro atoms. The first-order valence-electron chi connectivity index (χ1n) is 9.63. The predicted molar refractivity (Wildman–Crippen MR) is 114 cm³/mol. The second-order valence-corrected chi connectivity index (χ2v) is 6.82. The zero-order valence-corrected chi connectivity index (χ0v) is 16.3. The number of unbranched alkanes of at least 4 members (excludes halogenated alkanes) is 1. The monoisotopic (exact) mass is 361 g/mol. The van der Waals surface area contributed by atoms with E-state index in [-0.39, 0.29) is 5.91 Å². The Bertz CT molecular complexity index is 919. The van der Waals surface area contributed by atoms with Gasteiger partial charge in [-0.2, -0.15) is 0 Å². The molecule has 1 N–H and O–H groups in total. The van der Waals surface area contributed by atoms with E-state index in [0.29, 0.717) is 5.56 Å².